The van der Waals surface area contributed by atoms with Gasteiger partial charge in [-0.1, -0.05) is 19.1 Å². The van der Waals surface area contributed by atoms with Crippen molar-refractivity contribution in [2.24, 2.45) is 0 Å². The number of carbonyl (C=O) groups is 2. The molecule has 19 heavy (non-hydrogen) atoms. The number of rotatable bonds is 5. The molecule has 1 aliphatic carbocycles. The van der Waals surface area contributed by atoms with Crippen LogP contribution in [0, 0.1) is 5.82 Å². The van der Waals surface area contributed by atoms with Crippen LogP contribution in [0.3, 0.4) is 0 Å². The molecule has 1 N–H and O–H groups in total. The lowest BCUT2D eigenvalue weighted by molar-refractivity contribution is -0.156. The van der Waals surface area contributed by atoms with E-state index in [0.717, 1.165) is 0 Å². The zero-order chi connectivity index (χ0) is 14.0. The average molecular weight is 265 g/mol. The second-order valence-electron chi connectivity index (χ2n) is 4.73. The van der Waals surface area contributed by atoms with Crippen LogP contribution < -0.4 is 0 Å². The van der Waals surface area contributed by atoms with E-state index in [-0.39, 0.29) is 6.42 Å². The predicted molar refractivity (Wildman–Crippen MR) is 67.1 cm³/mol. The van der Waals surface area contributed by atoms with Crippen molar-refractivity contribution in [1.82, 2.24) is 4.90 Å². The summed E-state index contributed by atoms with van der Waals surface area (Å²) >= 11 is 0. The molecule has 1 atom stereocenters. The van der Waals surface area contributed by atoms with Crippen LogP contribution in [0.25, 0.3) is 0 Å². The predicted octanol–water partition coefficient (Wildman–Crippen LogP) is 1.92. The first-order valence-electron chi connectivity index (χ1n) is 6.31. The number of amides is 1. The molecule has 0 radical (unpaired) electrons. The SMILES string of the molecule is CCCN(C=O)C1(C(=O)O)CCc2c(F)cccc21. The van der Waals surface area contributed by atoms with Crippen LogP contribution in [0.4, 0.5) is 4.39 Å². The van der Waals surface area contributed by atoms with Gasteiger partial charge in [-0.05, 0) is 36.5 Å². The Morgan fingerprint density at radius 3 is 2.89 bits per heavy atom. The maximum atomic E-state index is 13.8. The lowest BCUT2D eigenvalue weighted by atomic mass is 9.89. The van der Waals surface area contributed by atoms with Crippen molar-refractivity contribution < 1.29 is 19.1 Å². The maximum Gasteiger partial charge on any atom is 0.334 e. The van der Waals surface area contributed by atoms with E-state index in [4.69, 9.17) is 0 Å². The van der Waals surface area contributed by atoms with Crippen molar-refractivity contribution in [1.29, 1.82) is 0 Å². The number of aliphatic carboxylic acids is 1. The molecule has 102 valence electrons. The molecule has 4 nitrogen and oxygen atoms in total. The fraction of sp³-hybridized carbons (Fsp3) is 0.429. The van der Waals surface area contributed by atoms with Gasteiger partial charge in [0.25, 0.3) is 0 Å². The molecule has 0 fully saturated rings. The molecular formula is C14H16FNO3. The highest BCUT2D eigenvalue weighted by molar-refractivity contribution is 5.85. The Kier molecular flexibility index (Phi) is 3.55. The van der Waals surface area contributed by atoms with Gasteiger partial charge in [0, 0.05) is 6.54 Å². The van der Waals surface area contributed by atoms with E-state index in [2.05, 4.69) is 0 Å². The van der Waals surface area contributed by atoms with Crippen molar-refractivity contribution in [3.63, 3.8) is 0 Å². The number of hydrogen-bond donors (Lipinski definition) is 1. The van der Waals surface area contributed by atoms with E-state index in [9.17, 15) is 19.1 Å². The molecule has 0 saturated carbocycles. The van der Waals surface area contributed by atoms with Gasteiger partial charge < -0.3 is 10.0 Å². The minimum Gasteiger partial charge on any atom is -0.479 e. The normalized spacial score (nSPS) is 20.9. The molecule has 1 aliphatic rings. The number of halogens is 1. The summed E-state index contributed by atoms with van der Waals surface area (Å²) in [4.78, 5) is 24.3. The van der Waals surface area contributed by atoms with Crippen LogP contribution in [0.2, 0.25) is 0 Å². The van der Waals surface area contributed by atoms with E-state index in [1.54, 1.807) is 6.07 Å². The first kappa shape index (κ1) is 13.5. The molecule has 0 aromatic heterocycles. The molecule has 5 heteroatoms. The minimum atomic E-state index is -1.42. The smallest absolute Gasteiger partial charge is 0.334 e. The summed E-state index contributed by atoms with van der Waals surface area (Å²) < 4.78 is 13.8. The first-order chi connectivity index (χ1) is 9.07. The number of nitrogens with zero attached hydrogens (tertiary/aromatic N) is 1. The Morgan fingerprint density at radius 1 is 1.58 bits per heavy atom. The zero-order valence-electron chi connectivity index (χ0n) is 10.7. The Bertz CT molecular complexity index is 517. The average Bonchev–Trinajstić information content (AvgIpc) is 2.78. The second-order valence-corrected chi connectivity index (χ2v) is 4.73. The van der Waals surface area contributed by atoms with Crippen LogP contribution in [0.1, 0.15) is 30.9 Å². The molecule has 2 rings (SSSR count). The summed E-state index contributed by atoms with van der Waals surface area (Å²) in [5.74, 6) is -1.50. The summed E-state index contributed by atoms with van der Waals surface area (Å²) in [6.07, 6.45) is 1.76. The van der Waals surface area contributed by atoms with Gasteiger partial charge in [0.15, 0.2) is 5.54 Å². The fourth-order valence-corrected chi connectivity index (χ4v) is 2.86. The molecule has 0 saturated heterocycles. The molecule has 0 aliphatic heterocycles. The molecular weight excluding hydrogens is 249 g/mol. The lowest BCUT2D eigenvalue weighted by Crippen LogP contribution is -2.50. The Balaban J connectivity index is 2.59. The van der Waals surface area contributed by atoms with Gasteiger partial charge in [0.2, 0.25) is 6.41 Å². The highest BCUT2D eigenvalue weighted by Crippen LogP contribution is 2.42. The van der Waals surface area contributed by atoms with Crippen LogP contribution >= 0.6 is 0 Å². The molecule has 0 heterocycles. The second kappa shape index (κ2) is 4.99. The molecule has 0 spiro atoms. The van der Waals surface area contributed by atoms with E-state index in [1.165, 1.54) is 17.0 Å². The monoisotopic (exact) mass is 265 g/mol. The summed E-state index contributed by atoms with van der Waals surface area (Å²) in [6, 6.07) is 4.42. The number of fused-ring (bicyclic) bond motifs is 1. The molecule has 1 unspecified atom stereocenters. The van der Waals surface area contributed by atoms with Crippen LogP contribution in [-0.4, -0.2) is 28.9 Å². The summed E-state index contributed by atoms with van der Waals surface area (Å²) in [5.41, 5.74) is -0.608. The quantitative estimate of drug-likeness (QED) is 0.827. The first-order valence-corrected chi connectivity index (χ1v) is 6.31. The van der Waals surface area contributed by atoms with Crippen molar-refractivity contribution in [3.05, 3.63) is 35.1 Å². The fourth-order valence-electron chi connectivity index (χ4n) is 2.86. The van der Waals surface area contributed by atoms with Gasteiger partial charge in [-0.3, -0.25) is 4.79 Å². The number of carboxylic acids is 1. The number of benzene rings is 1. The molecule has 1 aromatic carbocycles. The molecule has 1 aromatic rings. The van der Waals surface area contributed by atoms with Gasteiger partial charge in [-0.2, -0.15) is 0 Å². The van der Waals surface area contributed by atoms with Gasteiger partial charge in [0.1, 0.15) is 5.82 Å². The van der Waals surface area contributed by atoms with Gasteiger partial charge in [-0.15, -0.1) is 0 Å². The Hall–Kier alpha value is -1.91. The lowest BCUT2D eigenvalue weighted by Gasteiger charge is -2.35. The largest absolute Gasteiger partial charge is 0.479 e. The highest BCUT2D eigenvalue weighted by Gasteiger charge is 2.50. The van der Waals surface area contributed by atoms with E-state index < -0.39 is 17.3 Å². The topological polar surface area (TPSA) is 57.6 Å². The van der Waals surface area contributed by atoms with Crippen LogP contribution in [0.5, 0.6) is 0 Å². The Morgan fingerprint density at radius 2 is 2.32 bits per heavy atom. The Labute approximate surface area is 110 Å². The van der Waals surface area contributed by atoms with Crippen molar-refractivity contribution in [3.8, 4) is 0 Å². The summed E-state index contributed by atoms with van der Waals surface area (Å²) in [7, 11) is 0. The molecule has 0 bridgehead atoms. The number of carbonyl (C=O) groups excluding carboxylic acids is 1. The number of hydrogen-bond acceptors (Lipinski definition) is 2. The van der Waals surface area contributed by atoms with E-state index >= 15 is 0 Å². The molecule has 1 amide bonds. The summed E-state index contributed by atoms with van der Waals surface area (Å²) in [6.45, 7) is 2.21. The van der Waals surface area contributed by atoms with Crippen molar-refractivity contribution >= 4 is 12.4 Å². The maximum absolute atomic E-state index is 13.8. The standard InChI is InChI=1S/C14H16FNO3/c1-2-8-16(9-17)14(13(18)19)7-6-10-11(14)4-3-5-12(10)15/h3-5,9H,2,6-8H2,1H3,(H,18,19). The van der Waals surface area contributed by atoms with Crippen molar-refractivity contribution in [2.75, 3.05) is 6.54 Å². The minimum absolute atomic E-state index is 0.220. The van der Waals surface area contributed by atoms with Gasteiger partial charge in [0.05, 0.1) is 0 Å². The van der Waals surface area contributed by atoms with Crippen molar-refractivity contribution in [2.45, 2.75) is 31.7 Å². The third kappa shape index (κ3) is 1.89. The highest BCUT2D eigenvalue weighted by atomic mass is 19.1. The van der Waals surface area contributed by atoms with E-state index in [0.29, 0.717) is 36.9 Å². The van der Waals surface area contributed by atoms with Gasteiger partial charge in [-0.25, -0.2) is 9.18 Å². The third-order valence-corrected chi connectivity index (χ3v) is 3.74. The number of carboxylic acid groups (broad SMARTS) is 1. The van der Waals surface area contributed by atoms with Crippen LogP contribution in [-0.2, 0) is 21.5 Å². The summed E-state index contributed by atoms with van der Waals surface area (Å²) in [5, 5.41) is 9.61. The van der Waals surface area contributed by atoms with Crippen LogP contribution in [0.15, 0.2) is 18.2 Å². The van der Waals surface area contributed by atoms with Gasteiger partial charge >= 0.3 is 5.97 Å². The zero-order valence-corrected chi connectivity index (χ0v) is 10.7. The third-order valence-electron chi connectivity index (χ3n) is 3.74. The van der Waals surface area contributed by atoms with E-state index in [1.807, 2.05) is 6.92 Å².